The van der Waals surface area contributed by atoms with E-state index in [2.05, 4.69) is 25.8 Å². The number of amides is 1. The maximum absolute atomic E-state index is 13.1. The fraction of sp³-hybridized carbons (Fsp3) is 0.278. The number of anilines is 1. The first-order valence-electron chi connectivity index (χ1n) is 8.75. The third-order valence-corrected chi connectivity index (χ3v) is 4.95. The molecule has 31 heavy (non-hydrogen) atoms. The summed E-state index contributed by atoms with van der Waals surface area (Å²) in [5.74, 6) is 0.164. The summed E-state index contributed by atoms with van der Waals surface area (Å²) in [7, 11) is 3.11. The zero-order valence-electron chi connectivity index (χ0n) is 16.4. The average Bonchev–Trinajstić information content (AvgIpc) is 3.15. The number of benzene rings is 1. The van der Waals surface area contributed by atoms with Gasteiger partial charge in [0.1, 0.15) is 0 Å². The molecule has 0 fully saturated rings. The van der Waals surface area contributed by atoms with E-state index in [-0.39, 0.29) is 17.2 Å². The number of ether oxygens (including phenoxy) is 2. The van der Waals surface area contributed by atoms with Crippen LogP contribution in [-0.4, -0.2) is 44.8 Å². The molecule has 0 saturated heterocycles. The highest BCUT2D eigenvalue weighted by molar-refractivity contribution is 7.98. The van der Waals surface area contributed by atoms with Crippen LogP contribution in [0.25, 0.3) is 0 Å². The molecule has 1 amide bonds. The van der Waals surface area contributed by atoms with Crippen LogP contribution in [0.3, 0.4) is 0 Å². The van der Waals surface area contributed by atoms with Gasteiger partial charge in [-0.3, -0.25) is 9.78 Å². The second-order valence-electron chi connectivity index (χ2n) is 6.08. The smallest absolute Gasteiger partial charge is 0.418 e. The Morgan fingerprint density at radius 3 is 2.71 bits per heavy atom. The molecule has 2 aromatic heterocycles. The van der Waals surface area contributed by atoms with Crippen molar-refractivity contribution in [2.75, 3.05) is 19.0 Å². The highest BCUT2D eigenvalue weighted by atomic mass is 32.2. The molecule has 13 heteroatoms. The van der Waals surface area contributed by atoms with Crippen LogP contribution in [0.2, 0.25) is 0 Å². The van der Waals surface area contributed by atoms with Crippen molar-refractivity contribution in [3.8, 4) is 11.5 Å². The van der Waals surface area contributed by atoms with Gasteiger partial charge in [0.25, 0.3) is 5.91 Å². The van der Waals surface area contributed by atoms with Gasteiger partial charge in [0, 0.05) is 18.9 Å². The maximum Gasteiger partial charge on any atom is 0.418 e. The van der Waals surface area contributed by atoms with Gasteiger partial charge in [0.2, 0.25) is 5.16 Å². The molecule has 1 aromatic carbocycles. The van der Waals surface area contributed by atoms with Gasteiger partial charge >= 0.3 is 6.18 Å². The molecule has 2 heterocycles. The first-order chi connectivity index (χ1) is 14.8. The monoisotopic (exact) mass is 454 g/mol. The molecule has 9 nitrogen and oxygen atoms in total. The number of pyridine rings is 1. The van der Waals surface area contributed by atoms with Gasteiger partial charge in [0.05, 0.1) is 30.3 Å². The van der Waals surface area contributed by atoms with Gasteiger partial charge in [0.15, 0.2) is 18.1 Å². The van der Waals surface area contributed by atoms with E-state index in [0.717, 1.165) is 6.07 Å². The average molecular weight is 454 g/mol. The molecular formula is C18H17F3N6O3S. The van der Waals surface area contributed by atoms with E-state index in [1.165, 1.54) is 47.9 Å². The number of hydrogen-bond donors (Lipinski definition) is 1. The number of carbonyl (C=O) groups is 1. The summed E-state index contributed by atoms with van der Waals surface area (Å²) in [6.07, 6.45) is -3.17. The lowest BCUT2D eigenvalue weighted by Crippen LogP contribution is -2.22. The lowest BCUT2D eigenvalue weighted by Gasteiger charge is -2.14. The fourth-order valence-corrected chi connectivity index (χ4v) is 3.21. The lowest BCUT2D eigenvalue weighted by molar-refractivity contribution is -0.137. The maximum atomic E-state index is 13.1. The number of carbonyl (C=O) groups excluding carboxylic acids is 1. The van der Waals surface area contributed by atoms with Crippen molar-refractivity contribution in [3.05, 3.63) is 47.8 Å². The minimum Gasteiger partial charge on any atom is -0.491 e. The van der Waals surface area contributed by atoms with Crippen LogP contribution >= 0.6 is 11.8 Å². The van der Waals surface area contributed by atoms with Crippen molar-refractivity contribution in [3.63, 3.8) is 0 Å². The van der Waals surface area contributed by atoms with Crippen LogP contribution in [0, 0.1) is 0 Å². The number of tetrazole rings is 1. The van der Waals surface area contributed by atoms with Crippen LogP contribution in [0.15, 0.2) is 41.7 Å². The predicted molar refractivity (Wildman–Crippen MR) is 105 cm³/mol. The molecule has 164 valence electrons. The molecule has 0 unspecified atom stereocenters. The van der Waals surface area contributed by atoms with Gasteiger partial charge in [-0.05, 0) is 22.6 Å². The SMILES string of the molecule is COc1cnc(CSc2nnnn2C)cc1OCC(=O)Nc1ccccc1C(F)(F)F. The van der Waals surface area contributed by atoms with E-state index in [1.807, 2.05) is 0 Å². The molecule has 1 N–H and O–H groups in total. The van der Waals surface area contributed by atoms with Gasteiger partial charge in [-0.25, -0.2) is 4.68 Å². The van der Waals surface area contributed by atoms with Crippen molar-refractivity contribution in [2.45, 2.75) is 17.1 Å². The molecule has 0 aliphatic rings. The zero-order valence-corrected chi connectivity index (χ0v) is 17.2. The first kappa shape index (κ1) is 22.3. The second kappa shape index (κ2) is 9.64. The number of methoxy groups -OCH3 is 1. The number of rotatable bonds is 8. The minimum absolute atomic E-state index is 0.225. The number of nitrogens with one attached hydrogen (secondary N) is 1. The predicted octanol–water partition coefficient (Wildman–Crippen LogP) is 2.94. The summed E-state index contributed by atoms with van der Waals surface area (Å²) < 4.78 is 51.4. The van der Waals surface area contributed by atoms with E-state index in [0.29, 0.717) is 16.6 Å². The number of halogens is 3. The van der Waals surface area contributed by atoms with Crippen LogP contribution in [0.4, 0.5) is 18.9 Å². The number of hydrogen-bond acceptors (Lipinski definition) is 8. The summed E-state index contributed by atoms with van der Waals surface area (Å²) in [6.45, 7) is -0.521. The Balaban J connectivity index is 1.65. The Kier molecular flexibility index (Phi) is 6.95. The molecular weight excluding hydrogens is 437 g/mol. The van der Waals surface area contributed by atoms with Gasteiger partial charge in [-0.2, -0.15) is 13.2 Å². The van der Waals surface area contributed by atoms with Crippen LogP contribution in [-0.2, 0) is 23.8 Å². The summed E-state index contributed by atoms with van der Waals surface area (Å²) in [5.41, 5.74) is -0.686. The third kappa shape index (κ3) is 5.84. The largest absolute Gasteiger partial charge is 0.491 e. The van der Waals surface area contributed by atoms with Crippen molar-refractivity contribution in [1.29, 1.82) is 0 Å². The summed E-state index contributed by atoms with van der Waals surface area (Å²) in [4.78, 5) is 16.4. The Hall–Kier alpha value is -3.35. The number of alkyl halides is 3. The van der Waals surface area contributed by atoms with E-state index in [1.54, 1.807) is 13.1 Å². The first-order valence-corrected chi connectivity index (χ1v) is 9.73. The molecule has 0 atom stereocenters. The van der Waals surface area contributed by atoms with Gasteiger partial charge in [-0.1, -0.05) is 23.9 Å². The molecule has 3 rings (SSSR count). The zero-order chi connectivity index (χ0) is 22.4. The van der Waals surface area contributed by atoms with Crippen molar-refractivity contribution in [2.24, 2.45) is 7.05 Å². The molecule has 0 aliphatic carbocycles. The molecule has 0 radical (unpaired) electrons. The van der Waals surface area contributed by atoms with Crippen molar-refractivity contribution >= 4 is 23.4 Å². The topological polar surface area (TPSA) is 104 Å². The molecule has 0 spiro atoms. The summed E-state index contributed by atoms with van der Waals surface area (Å²) in [6, 6.07) is 6.28. The Labute approximate surface area is 178 Å². The van der Waals surface area contributed by atoms with Crippen molar-refractivity contribution < 1.29 is 27.4 Å². The van der Waals surface area contributed by atoms with E-state index in [4.69, 9.17) is 9.47 Å². The van der Waals surface area contributed by atoms with E-state index < -0.39 is 24.3 Å². The normalized spacial score (nSPS) is 11.3. The molecule has 0 saturated carbocycles. The van der Waals surface area contributed by atoms with E-state index >= 15 is 0 Å². The summed E-state index contributed by atoms with van der Waals surface area (Å²) >= 11 is 1.34. The van der Waals surface area contributed by atoms with Crippen LogP contribution in [0.5, 0.6) is 11.5 Å². The van der Waals surface area contributed by atoms with Crippen molar-refractivity contribution in [1.82, 2.24) is 25.2 Å². The minimum atomic E-state index is -4.59. The van der Waals surface area contributed by atoms with Gasteiger partial charge < -0.3 is 14.8 Å². The van der Waals surface area contributed by atoms with Crippen LogP contribution in [0.1, 0.15) is 11.3 Å². The van der Waals surface area contributed by atoms with Crippen LogP contribution < -0.4 is 14.8 Å². The quantitative estimate of drug-likeness (QED) is 0.518. The second-order valence-corrected chi connectivity index (χ2v) is 7.02. The summed E-state index contributed by atoms with van der Waals surface area (Å²) in [5, 5.41) is 13.9. The highest BCUT2D eigenvalue weighted by Crippen LogP contribution is 2.34. The Morgan fingerprint density at radius 2 is 2.03 bits per heavy atom. The lowest BCUT2D eigenvalue weighted by atomic mass is 10.1. The number of para-hydroxylation sites is 1. The third-order valence-electron chi connectivity index (χ3n) is 3.90. The van der Waals surface area contributed by atoms with Gasteiger partial charge in [-0.15, -0.1) is 5.10 Å². The number of aryl methyl sites for hydroxylation is 1. The Bertz CT molecular complexity index is 1060. The molecule has 3 aromatic rings. The number of nitrogens with zero attached hydrogens (tertiary/aromatic N) is 5. The Morgan fingerprint density at radius 1 is 1.26 bits per heavy atom. The number of thioether (sulfide) groups is 1. The standard InChI is InChI=1S/C18H17F3N6O3S/c1-27-17(24-25-26-27)31-10-11-7-14(15(29-2)8-22-11)30-9-16(28)23-13-6-4-3-5-12(13)18(19,20)21/h3-8H,9-10H2,1-2H3,(H,23,28). The fourth-order valence-electron chi connectivity index (χ4n) is 2.46. The highest BCUT2D eigenvalue weighted by Gasteiger charge is 2.33. The molecule has 0 bridgehead atoms. The number of aromatic nitrogens is 5. The van der Waals surface area contributed by atoms with E-state index in [9.17, 15) is 18.0 Å². The molecule has 0 aliphatic heterocycles.